The summed E-state index contributed by atoms with van der Waals surface area (Å²) in [6.45, 7) is 0. The molecular formula is C12H11BrFN5OS. The van der Waals surface area contributed by atoms with Crippen molar-refractivity contribution in [3.05, 3.63) is 28.5 Å². The van der Waals surface area contributed by atoms with Crippen LogP contribution in [0.5, 0.6) is 0 Å². The number of aromatic nitrogens is 4. The molecule has 110 valence electrons. The highest BCUT2D eigenvalue weighted by Crippen LogP contribution is 2.36. The van der Waals surface area contributed by atoms with Gasteiger partial charge in [0.25, 0.3) is 0 Å². The number of carbonyl (C=O) groups excluding carboxylic acids is 1. The van der Waals surface area contributed by atoms with E-state index in [1.54, 1.807) is 10.7 Å². The normalized spacial score (nSPS) is 14.2. The van der Waals surface area contributed by atoms with Gasteiger partial charge in [-0.1, -0.05) is 27.7 Å². The molecule has 0 radical (unpaired) electrons. The molecule has 0 bridgehead atoms. The summed E-state index contributed by atoms with van der Waals surface area (Å²) in [5, 5.41) is 14.6. The van der Waals surface area contributed by atoms with Crippen molar-refractivity contribution >= 4 is 39.3 Å². The quantitative estimate of drug-likeness (QED) is 0.817. The molecule has 1 aromatic heterocycles. The first-order valence-corrected chi connectivity index (χ1v) is 8.07. The molecular weight excluding hydrogens is 361 g/mol. The fraction of sp³-hybridized carbons (Fsp3) is 0.333. The van der Waals surface area contributed by atoms with Gasteiger partial charge < -0.3 is 5.32 Å². The van der Waals surface area contributed by atoms with Crippen molar-refractivity contribution in [3.8, 4) is 0 Å². The Morgan fingerprint density at radius 1 is 1.52 bits per heavy atom. The number of benzene rings is 1. The van der Waals surface area contributed by atoms with Crippen molar-refractivity contribution in [1.82, 2.24) is 20.2 Å². The van der Waals surface area contributed by atoms with Gasteiger partial charge in [-0.15, -0.1) is 5.10 Å². The second-order valence-corrected chi connectivity index (χ2v) is 6.46. The van der Waals surface area contributed by atoms with Crippen molar-refractivity contribution in [2.45, 2.75) is 24.0 Å². The minimum atomic E-state index is -0.481. The first kappa shape index (κ1) is 14.5. The number of nitrogens with one attached hydrogen (secondary N) is 1. The highest BCUT2D eigenvalue weighted by Gasteiger charge is 2.28. The summed E-state index contributed by atoms with van der Waals surface area (Å²) < 4.78 is 16.0. The molecule has 1 aromatic carbocycles. The van der Waals surface area contributed by atoms with Crippen LogP contribution in [0, 0.1) is 5.82 Å². The lowest BCUT2D eigenvalue weighted by Gasteiger charge is -2.06. The Morgan fingerprint density at radius 2 is 2.33 bits per heavy atom. The SMILES string of the molecule is O=C(CSc1nnnn1C1CC1)Nc1ccc(Br)cc1F. The van der Waals surface area contributed by atoms with Crippen molar-refractivity contribution < 1.29 is 9.18 Å². The van der Waals surface area contributed by atoms with Gasteiger partial charge >= 0.3 is 0 Å². The van der Waals surface area contributed by atoms with Crippen molar-refractivity contribution in [1.29, 1.82) is 0 Å². The number of hydrogen-bond acceptors (Lipinski definition) is 5. The zero-order valence-corrected chi connectivity index (χ0v) is 13.2. The Kier molecular flexibility index (Phi) is 4.20. The number of anilines is 1. The second-order valence-electron chi connectivity index (χ2n) is 4.60. The molecule has 0 saturated heterocycles. The molecule has 21 heavy (non-hydrogen) atoms. The van der Waals surface area contributed by atoms with Crippen LogP contribution in [0.25, 0.3) is 0 Å². The third-order valence-corrected chi connectivity index (χ3v) is 4.32. The van der Waals surface area contributed by atoms with Crippen molar-refractivity contribution in [2.75, 3.05) is 11.1 Å². The molecule has 2 aromatic rings. The van der Waals surface area contributed by atoms with Crippen LogP contribution in [0.2, 0.25) is 0 Å². The number of hydrogen-bond donors (Lipinski definition) is 1. The van der Waals surface area contributed by atoms with E-state index in [2.05, 4.69) is 36.8 Å². The predicted molar refractivity (Wildman–Crippen MR) is 79.5 cm³/mol. The number of thioether (sulfide) groups is 1. The molecule has 1 aliphatic carbocycles. The highest BCUT2D eigenvalue weighted by atomic mass is 79.9. The fourth-order valence-electron chi connectivity index (χ4n) is 1.74. The lowest BCUT2D eigenvalue weighted by atomic mass is 10.3. The topological polar surface area (TPSA) is 72.7 Å². The van der Waals surface area contributed by atoms with Crippen molar-refractivity contribution in [2.24, 2.45) is 0 Å². The second kappa shape index (κ2) is 6.10. The van der Waals surface area contributed by atoms with Crippen LogP contribution in [-0.4, -0.2) is 31.9 Å². The summed E-state index contributed by atoms with van der Waals surface area (Å²) in [6.07, 6.45) is 2.13. The summed E-state index contributed by atoms with van der Waals surface area (Å²) in [6, 6.07) is 4.83. The van der Waals surface area contributed by atoms with E-state index in [4.69, 9.17) is 0 Å². The Balaban J connectivity index is 1.57. The maximum Gasteiger partial charge on any atom is 0.234 e. The predicted octanol–water partition coefficient (Wildman–Crippen LogP) is 2.64. The van der Waals surface area contributed by atoms with E-state index in [1.807, 2.05) is 0 Å². The largest absolute Gasteiger partial charge is 0.323 e. The number of halogens is 2. The van der Waals surface area contributed by atoms with Gasteiger partial charge in [-0.3, -0.25) is 4.79 Å². The van der Waals surface area contributed by atoms with Gasteiger partial charge in [0, 0.05) is 4.47 Å². The Labute approximate surface area is 132 Å². The first-order chi connectivity index (χ1) is 10.1. The van der Waals surface area contributed by atoms with E-state index in [9.17, 15) is 9.18 Å². The van der Waals surface area contributed by atoms with E-state index in [0.717, 1.165) is 12.8 Å². The van der Waals surface area contributed by atoms with E-state index >= 15 is 0 Å². The van der Waals surface area contributed by atoms with E-state index in [-0.39, 0.29) is 17.3 Å². The molecule has 1 saturated carbocycles. The highest BCUT2D eigenvalue weighted by molar-refractivity contribution is 9.10. The fourth-order valence-corrected chi connectivity index (χ4v) is 2.81. The molecule has 1 fully saturated rings. The van der Waals surface area contributed by atoms with Gasteiger partial charge in [0.05, 0.1) is 17.5 Å². The summed E-state index contributed by atoms with van der Waals surface area (Å²) in [5.41, 5.74) is 0.158. The van der Waals surface area contributed by atoms with E-state index in [1.165, 1.54) is 23.9 Å². The Hall–Kier alpha value is -1.48. The number of nitrogens with zero attached hydrogens (tertiary/aromatic N) is 4. The third-order valence-electron chi connectivity index (χ3n) is 2.89. The molecule has 1 amide bonds. The van der Waals surface area contributed by atoms with Crippen LogP contribution >= 0.6 is 27.7 Å². The third kappa shape index (κ3) is 3.59. The van der Waals surface area contributed by atoms with Gasteiger partial charge in [0.2, 0.25) is 11.1 Å². The molecule has 1 N–H and O–H groups in total. The van der Waals surface area contributed by atoms with Gasteiger partial charge in [-0.05, 0) is 41.5 Å². The van der Waals surface area contributed by atoms with Crippen molar-refractivity contribution in [3.63, 3.8) is 0 Å². The Morgan fingerprint density at radius 3 is 3.05 bits per heavy atom. The van der Waals surface area contributed by atoms with Crippen LogP contribution in [0.4, 0.5) is 10.1 Å². The number of tetrazole rings is 1. The molecule has 0 spiro atoms. The molecule has 9 heteroatoms. The lowest BCUT2D eigenvalue weighted by molar-refractivity contribution is -0.113. The molecule has 6 nitrogen and oxygen atoms in total. The van der Waals surface area contributed by atoms with Crippen LogP contribution in [0.15, 0.2) is 27.8 Å². The summed E-state index contributed by atoms with van der Waals surface area (Å²) in [7, 11) is 0. The lowest BCUT2D eigenvalue weighted by Crippen LogP contribution is -2.15. The Bertz CT molecular complexity index is 675. The van der Waals surface area contributed by atoms with Gasteiger partial charge in [-0.25, -0.2) is 9.07 Å². The summed E-state index contributed by atoms with van der Waals surface area (Å²) in [5.74, 6) is -0.653. The van der Waals surface area contributed by atoms with Crippen LogP contribution < -0.4 is 5.32 Å². The average molecular weight is 372 g/mol. The molecule has 1 heterocycles. The zero-order valence-electron chi connectivity index (χ0n) is 10.8. The molecule has 1 aliphatic rings. The van der Waals surface area contributed by atoms with Gasteiger partial charge in [0.15, 0.2) is 0 Å². The first-order valence-electron chi connectivity index (χ1n) is 6.29. The maximum absolute atomic E-state index is 13.6. The average Bonchev–Trinajstić information content (AvgIpc) is 3.18. The van der Waals surface area contributed by atoms with Crippen LogP contribution in [0.1, 0.15) is 18.9 Å². The van der Waals surface area contributed by atoms with Gasteiger partial charge in [0.1, 0.15) is 5.82 Å². The smallest absolute Gasteiger partial charge is 0.234 e. The minimum Gasteiger partial charge on any atom is -0.323 e. The monoisotopic (exact) mass is 371 g/mol. The van der Waals surface area contributed by atoms with E-state index in [0.29, 0.717) is 15.7 Å². The zero-order chi connectivity index (χ0) is 14.8. The number of carbonyl (C=O) groups is 1. The molecule has 0 atom stereocenters. The standard InChI is InChI=1S/C12H11BrFN5OS/c13-7-1-4-10(9(14)5-7)15-11(20)6-21-12-16-17-18-19(12)8-2-3-8/h1,4-5,8H,2-3,6H2,(H,15,20). The maximum atomic E-state index is 13.6. The minimum absolute atomic E-state index is 0.128. The number of rotatable bonds is 5. The van der Waals surface area contributed by atoms with E-state index < -0.39 is 5.82 Å². The summed E-state index contributed by atoms with van der Waals surface area (Å²) in [4.78, 5) is 11.9. The molecule has 0 unspecified atom stereocenters. The van der Waals surface area contributed by atoms with Crippen LogP contribution in [0.3, 0.4) is 0 Å². The number of amides is 1. The molecule has 3 rings (SSSR count). The van der Waals surface area contributed by atoms with Gasteiger partial charge in [-0.2, -0.15) is 0 Å². The molecule has 0 aliphatic heterocycles. The van der Waals surface area contributed by atoms with Crippen LogP contribution in [-0.2, 0) is 4.79 Å². The summed E-state index contributed by atoms with van der Waals surface area (Å²) >= 11 is 4.41.